The number of thiophene rings is 1. The first-order chi connectivity index (χ1) is 9.26. The van der Waals surface area contributed by atoms with Gasteiger partial charge < -0.3 is 0 Å². The highest BCUT2D eigenvalue weighted by Gasteiger charge is 2.21. The van der Waals surface area contributed by atoms with Crippen LogP contribution in [0.2, 0.25) is 0 Å². The summed E-state index contributed by atoms with van der Waals surface area (Å²) >= 11 is 1.72. The molecule has 0 N–H and O–H groups in total. The van der Waals surface area contributed by atoms with Crippen LogP contribution >= 0.6 is 11.3 Å². The molecule has 0 aromatic carbocycles. The first kappa shape index (κ1) is 12.6. The van der Waals surface area contributed by atoms with E-state index in [9.17, 15) is 4.79 Å². The number of hydrogen-bond acceptors (Lipinski definition) is 3. The molecule has 1 aliphatic carbocycles. The van der Waals surface area contributed by atoms with Crippen LogP contribution in [0.15, 0.2) is 17.4 Å². The Hall–Kier alpha value is -1.42. The van der Waals surface area contributed by atoms with Crippen LogP contribution in [-0.2, 0) is 25.8 Å². The van der Waals surface area contributed by atoms with Crippen LogP contribution in [0, 0.1) is 0 Å². The van der Waals surface area contributed by atoms with E-state index in [1.165, 1.54) is 23.3 Å². The molecule has 0 amide bonds. The van der Waals surface area contributed by atoms with E-state index in [1.54, 1.807) is 22.0 Å². The summed E-state index contributed by atoms with van der Waals surface area (Å²) in [5.74, 6) is 0.871. The van der Waals surface area contributed by atoms with E-state index < -0.39 is 0 Å². The van der Waals surface area contributed by atoms with E-state index >= 15 is 0 Å². The molecule has 2 aromatic rings. The second-order valence-electron chi connectivity index (χ2n) is 4.98. The molecular formula is C15H18N2OS. The minimum absolute atomic E-state index is 0.126. The van der Waals surface area contributed by atoms with Gasteiger partial charge in [0.15, 0.2) is 0 Å². The van der Waals surface area contributed by atoms with Crippen molar-refractivity contribution in [3.63, 3.8) is 0 Å². The van der Waals surface area contributed by atoms with Gasteiger partial charge in [-0.1, -0.05) is 13.0 Å². The maximum atomic E-state index is 12.7. The third-order valence-corrected chi connectivity index (χ3v) is 4.97. The van der Waals surface area contributed by atoms with Crippen LogP contribution in [0.25, 0.3) is 10.2 Å². The predicted molar refractivity (Wildman–Crippen MR) is 80.1 cm³/mol. The molecule has 19 heavy (non-hydrogen) atoms. The molecule has 100 valence electrons. The smallest absolute Gasteiger partial charge is 0.262 e. The standard InChI is InChI=1S/C15H18N2OS/c1-3-9-17-12(4-2)16-14-13(15(17)18)10-7-5-6-8-11(10)19-14/h3H,1,4-9H2,2H3. The lowest BCUT2D eigenvalue weighted by Gasteiger charge is -2.11. The van der Waals surface area contributed by atoms with E-state index in [1.807, 2.05) is 6.92 Å². The van der Waals surface area contributed by atoms with Gasteiger partial charge in [0.2, 0.25) is 0 Å². The van der Waals surface area contributed by atoms with Crippen LogP contribution in [0.3, 0.4) is 0 Å². The van der Waals surface area contributed by atoms with Crippen LogP contribution in [0.4, 0.5) is 0 Å². The highest BCUT2D eigenvalue weighted by Crippen LogP contribution is 2.33. The molecule has 0 bridgehead atoms. The fourth-order valence-electron chi connectivity index (χ4n) is 2.87. The summed E-state index contributed by atoms with van der Waals surface area (Å²) in [5, 5.41) is 0.874. The molecule has 0 radical (unpaired) electrons. The van der Waals surface area contributed by atoms with Crippen molar-refractivity contribution in [3.05, 3.63) is 39.3 Å². The molecule has 0 fully saturated rings. The van der Waals surface area contributed by atoms with Crippen molar-refractivity contribution >= 4 is 21.6 Å². The summed E-state index contributed by atoms with van der Waals surface area (Å²) < 4.78 is 1.77. The molecule has 2 aromatic heterocycles. The third kappa shape index (κ3) is 1.94. The van der Waals surface area contributed by atoms with E-state index in [0.29, 0.717) is 6.54 Å². The summed E-state index contributed by atoms with van der Waals surface area (Å²) in [6.07, 6.45) is 7.12. The molecule has 0 aliphatic heterocycles. The van der Waals surface area contributed by atoms with Crippen molar-refractivity contribution in [2.45, 2.75) is 45.6 Å². The molecule has 2 heterocycles. The van der Waals surface area contributed by atoms with Gasteiger partial charge in [0.1, 0.15) is 10.7 Å². The maximum absolute atomic E-state index is 12.7. The molecule has 0 unspecified atom stereocenters. The minimum Gasteiger partial charge on any atom is -0.292 e. The van der Waals surface area contributed by atoms with E-state index in [0.717, 1.165) is 35.3 Å². The van der Waals surface area contributed by atoms with Crippen molar-refractivity contribution in [1.29, 1.82) is 0 Å². The highest BCUT2D eigenvalue weighted by molar-refractivity contribution is 7.18. The number of aromatic nitrogens is 2. The number of nitrogens with zero attached hydrogens (tertiary/aromatic N) is 2. The van der Waals surface area contributed by atoms with Gasteiger partial charge in [0.05, 0.1) is 5.39 Å². The Morgan fingerprint density at radius 1 is 1.42 bits per heavy atom. The molecule has 3 rings (SSSR count). The SMILES string of the molecule is C=CCn1c(CC)nc2sc3c(c2c1=O)CCCC3. The number of fused-ring (bicyclic) bond motifs is 3. The quantitative estimate of drug-likeness (QED) is 0.806. The Bertz CT molecular complexity index is 696. The summed E-state index contributed by atoms with van der Waals surface area (Å²) in [4.78, 5) is 19.7. The first-order valence-electron chi connectivity index (χ1n) is 6.91. The predicted octanol–water partition coefficient (Wildman–Crippen LogP) is 3.09. The topological polar surface area (TPSA) is 34.9 Å². The Balaban J connectivity index is 2.34. The first-order valence-corrected chi connectivity index (χ1v) is 7.72. The lowest BCUT2D eigenvalue weighted by molar-refractivity contribution is 0.689. The lowest BCUT2D eigenvalue weighted by atomic mass is 9.97. The van der Waals surface area contributed by atoms with Crippen LogP contribution in [-0.4, -0.2) is 9.55 Å². The van der Waals surface area contributed by atoms with Gasteiger partial charge in [-0.05, 0) is 31.2 Å². The number of hydrogen-bond donors (Lipinski definition) is 0. The summed E-state index contributed by atoms with van der Waals surface area (Å²) in [6.45, 7) is 6.34. The van der Waals surface area contributed by atoms with Crippen molar-refractivity contribution in [1.82, 2.24) is 9.55 Å². The van der Waals surface area contributed by atoms with Gasteiger partial charge in [0, 0.05) is 17.8 Å². The van der Waals surface area contributed by atoms with Gasteiger partial charge in [-0.2, -0.15) is 0 Å². The number of allylic oxidation sites excluding steroid dienone is 1. The van der Waals surface area contributed by atoms with Crippen molar-refractivity contribution < 1.29 is 0 Å². The van der Waals surface area contributed by atoms with Gasteiger partial charge in [-0.15, -0.1) is 17.9 Å². The molecule has 0 saturated carbocycles. The number of aryl methyl sites for hydroxylation is 3. The molecule has 3 nitrogen and oxygen atoms in total. The molecule has 1 aliphatic rings. The molecule has 0 atom stereocenters. The van der Waals surface area contributed by atoms with Crippen molar-refractivity contribution in [2.24, 2.45) is 0 Å². The Kier molecular flexibility index (Phi) is 3.27. The van der Waals surface area contributed by atoms with Crippen molar-refractivity contribution in [2.75, 3.05) is 0 Å². The monoisotopic (exact) mass is 274 g/mol. The fourth-order valence-corrected chi connectivity index (χ4v) is 4.14. The van der Waals surface area contributed by atoms with Crippen LogP contribution in [0.1, 0.15) is 36.0 Å². The average molecular weight is 274 g/mol. The molecule has 4 heteroatoms. The zero-order valence-electron chi connectivity index (χ0n) is 11.2. The highest BCUT2D eigenvalue weighted by atomic mass is 32.1. The van der Waals surface area contributed by atoms with Gasteiger partial charge >= 0.3 is 0 Å². The van der Waals surface area contributed by atoms with E-state index in [-0.39, 0.29) is 5.56 Å². The van der Waals surface area contributed by atoms with Crippen molar-refractivity contribution in [3.8, 4) is 0 Å². The molecular weight excluding hydrogens is 256 g/mol. The zero-order chi connectivity index (χ0) is 13.4. The second kappa shape index (κ2) is 4.93. The second-order valence-corrected chi connectivity index (χ2v) is 6.06. The Morgan fingerprint density at radius 2 is 2.21 bits per heavy atom. The largest absolute Gasteiger partial charge is 0.292 e. The fraction of sp³-hybridized carbons (Fsp3) is 0.467. The average Bonchev–Trinajstić information content (AvgIpc) is 2.80. The van der Waals surface area contributed by atoms with Gasteiger partial charge in [-0.25, -0.2) is 4.98 Å². The summed E-state index contributed by atoms with van der Waals surface area (Å²) in [7, 11) is 0. The third-order valence-electron chi connectivity index (χ3n) is 3.78. The molecule has 0 spiro atoms. The Labute approximate surface area is 116 Å². The Morgan fingerprint density at radius 3 is 2.95 bits per heavy atom. The molecule has 0 saturated heterocycles. The zero-order valence-corrected chi connectivity index (χ0v) is 12.1. The normalized spacial score (nSPS) is 14.6. The lowest BCUT2D eigenvalue weighted by Crippen LogP contribution is -2.25. The maximum Gasteiger partial charge on any atom is 0.262 e. The van der Waals surface area contributed by atoms with Crippen LogP contribution < -0.4 is 5.56 Å². The summed E-state index contributed by atoms with van der Waals surface area (Å²) in [5.41, 5.74) is 1.39. The van der Waals surface area contributed by atoms with E-state index in [4.69, 9.17) is 4.98 Å². The summed E-state index contributed by atoms with van der Waals surface area (Å²) in [6, 6.07) is 0. The minimum atomic E-state index is 0.126. The number of rotatable bonds is 3. The van der Waals surface area contributed by atoms with E-state index in [2.05, 4.69) is 6.58 Å². The van der Waals surface area contributed by atoms with Gasteiger partial charge in [0.25, 0.3) is 5.56 Å². The van der Waals surface area contributed by atoms with Gasteiger partial charge in [-0.3, -0.25) is 9.36 Å². The van der Waals surface area contributed by atoms with Crippen LogP contribution in [0.5, 0.6) is 0 Å².